The summed E-state index contributed by atoms with van der Waals surface area (Å²) in [5.41, 5.74) is 3.16. The third-order valence-electron chi connectivity index (χ3n) is 6.41. The first kappa shape index (κ1) is 20.3. The highest BCUT2D eigenvalue weighted by Crippen LogP contribution is 2.35. The summed E-state index contributed by atoms with van der Waals surface area (Å²) in [6.45, 7) is 4.69. The molecule has 2 N–H and O–H groups in total. The fourth-order valence-electron chi connectivity index (χ4n) is 4.72. The number of carbonyl (C=O) groups excluding carboxylic acids is 3. The summed E-state index contributed by atoms with van der Waals surface area (Å²) < 4.78 is 0. The maximum atomic E-state index is 12.6. The number of fused-ring (bicyclic) bond motifs is 1. The Labute approximate surface area is 176 Å². The zero-order valence-corrected chi connectivity index (χ0v) is 17.6. The Balaban J connectivity index is 1.30. The molecule has 1 aromatic heterocycles. The zero-order valence-electron chi connectivity index (χ0n) is 17.6. The van der Waals surface area contributed by atoms with E-state index in [0.717, 1.165) is 53.4 Å². The van der Waals surface area contributed by atoms with E-state index in [9.17, 15) is 14.4 Å². The first-order chi connectivity index (χ1) is 14.4. The minimum atomic E-state index is -0.668. The molecule has 2 heterocycles. The number of aromatic nitrogens is 1. The number of hydrogen-bond acceptors (Lipinski definition) is 4. The lowest BCUT2D eigenvalue weighted by Gasteiger charge is -2.20. The van der Waals surface area contributed by atoms with Crippen molar-refractivity contribution in [3.05, 3.63) is 41.1 Å². The van der Waals surface area contributed by atoms with E-state index in [1.165, 1.54) is 4.90 Å². The van der Waals surface area contributed by atoms with Gasteiger partial charge in [-0.25, -0.2) is 4.79 Å². The Morgan fingerprint density at radius 1 is 1.20 bits per heavy atom. The van der Waals surface area contributed by atoms with Crippen molar-refractivity contribution in [1.82, 2.24) is 20.5 Å². The van der Waals surface area contributed by atoms with Crippen LogP contribution in [0.3, 0.4) is 0 Å². The summed E-state index contributed by atoms with van der Waals surface area (Å²) in [5.74, 6) is -0.187. The number of carbonyl (C=O) groups is 3. The number of para-hydroxylation sites is 1. The fraction of sp³-hybridized carbons (Fsp3) is 0.478. The molecule has 4 rings (SSSR count). The Morgan fingerprint density at radius 2 is 1.93 bits per heavy atom. The van der Waals surface area contributed by atoms with E-state index in [2.05, 4.69) is 15.6 Å². The third kappa shape index (κ3) is 3.64. The number of imide groups is 1. The predicted octanol–water partition coefficient (Wildman–Crippen LogP) is 2.77. The maximum absolute atomic E-state index is 12.6. The van der Waals surface area contributed by atoms with Crippen LogP contribution in [0.2, 0.25) is 0 Å². The van der Waals surface area contributed by atoms with Crippen LogP contribution in [-0.2, 0) is 16.0 Å². The van der Waals surface area contributed by atoms with Crippen LogP contribution in [0.15, 0.2) is 24.3 Å². The van der Waals surface area contributed by atoms with Gasteiger partial charge < -0.3 is 10.6 Å². The lowest BCUT2D eigenvalue weighted by atomic mass is 9.98. The first-order valence-electron chi connectivity index (χ1n) is 10.7. The van der Waals surface area contributed by atoms with Gasteiger partial charge in [0.2, 0.25) is 5.91 Å². The molecule has 1 aromatic carbocycles. The summed E-state index contributed by atoms with van der Waals surface area (Å²) in [6.07, 6.45) is 4.19. The molecule has 0 unspecified atom stereocenters. The molecule has 7 nitrogen and oxygen atoms in total. The molecule has 1 aliphatic heterocycles. The Bertz CT molecular complexity index is 1010. The summed E-state index contributed by atoms with van der Waals surface area (Å²) in [7, 11) is 0. The van der Waals surface area contributed by atoms with Crippen molar-refractivity contribution in [2.75, 3.05) is 13.1 Å². The van der Waals surface area contributed by atoms with Crippen molar-refractivity contribution in [3.8, 4) is 0 Å². The number of pyridine rings is 1. The number of rotatable bonds is 6. The number of nitrogens with zero attached hydrogens (tertiary/aromatic N) is 2. The molecule has 0 radical (unpaired) electrons. The number of hydrogen-bond donors (Lipinski definition) is 2. The number of aryl methyl sites for hydroxylation is 2. The molecule has 7 heteroatoms. The number of nitrogens with one attached hydrogen (secondary N) is 2. The molecule has 1 aliphatic carbocycles. The largest absolute Gasteiger partial charge is 0.356 e. The molecule has 2 fully saturated rings. The van der Waals surface area contributed by atoms with Crippen molar-refractivity contribution >= 4 is 28.7 Å². The smallest absolute Gasteiger partial charge is 0.325 e. The van der Waals surface area contributed by atoms with Gasteiger partial charge in [0.1, 0.15) is 5.54 Å². The van der Waals surface area contributed by atoms with Gasteiger partial charge in [0, 0.05) is 24.2 Å². The van der Waals surface area contributed by atoms with Crippen molar-refractivity contribution in [2.45, 2.75) is 57.9 Å². The minimum absolute atomic E-state index is 0.0808. The lowest BCUT2D eigenvalue weighted by Crippen LogP contribution is -2.44. The van der Waals surface area contributed by atoms with E-state index in [1.807, 2.05) is 38.1 Å². The Kier molecular flexibility index (Phi) is 5.45. The van der Waals surface area contributed by atoms with Crippen molar-refractivity contribution in [3.63, 3.8) is 0 Å². The number of benzene rings is 1. The lowest BCUT2D eigenvalue weighted by molar-refractivity contribution is -0.131. The van der Waals surface area contributed by atoms with Gasteiger partial charge in [-0.05, 0) is 50.3 Å². The third-order valence-corrected chi connectivity index (χ3v) is 6.41. The predicted molar refractivity (Wildman–Crippen MR) is 114 cm³/mol. The molecule has 1 spiro atoms. The van der Waals surface area contributed by atoms with Gasteiger partial charge in [-0.1, -0.05) is 31.0 Å². The summed E-state index contributed by atoms with van der Waals surface area (Å²) >= 11 is 0. The van der Waals surface area contributed by atoms with E-state index in [0.29, 0.717) is 19.5 Å². The first-order valence-corrected chi connectivity index (χ1v) is 10.7. The van der Waals surface area contributed by atoms with Crippen LogP contribution in [-0.4, -0.2) is 46.4 Å². The van der Waals surface area contributed by atoms with E-state index in [-0.39, 0.29) is 24.3 Å². The van der Waals surface area contributed by atoms with Crippen molar-refractivity contribution < 1.29 is 14.4 Å². The molecule has 2 aromatic rings. The fourth-order valence-corrected chi connectivity index (χ4v) is 4.72. The quantitative estimate of drug-likeness (QED) is 0.568. The monoisotopic (exact) mass is 408 g/mol. The van der Waals surface area contributed by atoms with E-state index in [1.54, 1.807) is 0 Å². The molecule has 30 heavy (non-hydrogen) atoms. The van der Waals surface area contributed by atoms with Crippen LogP contribution in [0.25, 0.3) is 10.9 Å². The van der Waals surface area contributed by atoms with Gasteiger partial charge in [0.15, 0.2) is 0 Å². The van der Waals surface area contributed by atoms with Crippen molar-refractivity contribution in [2.24, 2.45) is 0 Å². The van der Waals surface area contributed by atoms with Gasteiger partial charge in [-0.3, -0.25) is 19.5 Å². The van der Waals surface area contributed by atoms with Crippen LogP contribution in [0.1, 0.15) is 48.9 Å². The molecular formula is C23H28N4O3. The standard InChI is InChI=1S/C23H28N4O3/c1-15-17-8-3-4-9-19(17)25-16(2)18(15)14-20(28)24-12-7-13-27-21(29)23(26-22(27)30)10-5-6-11-23/h3-4,8-9H,5-7,10-14H2,1-2H3,(H,24,28)(H,26,30). The molecule has 4 amide bonds. The van der Waals surface area contributed by atoms with Crippen LogP contribution >= 0.6 is 0 Å². The van der Waals surface area contributed by atoms with Gasteiger partial charge in [-0.2, -0.15) is 0 Å². The van der Waals surface area contributed by atoms with Crippen LogP contribution in [0.4, 0.5) is 4.79 Å². The molecular weight excluding hydrogens is 380 g/mol. The second-order valence-corrected chi connectivity index (χ2v) is 8.37. The SMILES string of the molecule is Cc1nc2ccccc2c(C)c1CC(=O)NCCCN1C(=O)NC2(CCCC2)C1=O. The van der Waals surface area contributed by atoms with Crippen molar-refractivity contribution in [1.29, 1.82) is 0 Å². The topological polar surface area (TPSA) is 91.4 Å². The molecule has 1 saturated heterocycles. The number of amides is 4. The molecule has 0 atom stereocenters. The average Bonchev–Trinajstić information content (AvgIpc) is 3.28. The minimum Gasteiger partial charge on any atom is -0.356 e. The Morgan fingerprint density at radius 3 is 2.70 bits per heavy atom. The van der Waals surface area contributed by atoms with Gasteiger partial charge in [-0.15, -0.1) is 0 Å². The Hall–Kier alpha value is -2.96. The average molecular weight is 409 g/mol. The molecule has 2 aliphatic rings. The normalized spacial score (nSPS) is 17.7. The zero-order chi connectivity index (χ0) is 21.3. The summed E-state index contributed by atoms with van der Waals surface area (Å²) in [5, 5.41) is 6.85. The molecule has 0 bridgehead atoms. The highest BCUT2D eigenvalue weighted by Gasteiger charge is 2.51. The molecule has 158 valence electrons. The summed E-state index contributed by atoms with van der Waals surface area (Å²) in [4.78, 5) is 43.2. The van der Waals surface area contributed by atoms with E-state index in [4.69, 9.17) is 0 Å². The highest BCUT2D eigenvalue weighted by atomic mass is 16.2. The maximum Gasteiger partial charge on any atom is 0.325 e. The molecule has 1 saturated carbocycles. The number of urea groups is 1. The summed E-state index contributed by atoms with van der Waals surface area (Å²) in [6, 6.07) is 7.63. The van der Waals surface area contributed by atoms with Gasteiger partial charge in [0.05, 0.1) is 11.9 Å². The van der Waals surface area contributed by atoms with Crippen LogP contribution in [0, 0.1) is 13.8 Å². The highest BCUT2D eigenvalue weighted by molar-refractivity contribution is 6.07. The van der Waals surface area contributed by atoms with Crippen LogP contribution < -0.4 is 10.6 Å². The second-order valence-electron chi connectivity index (χ2n) is 8.37. The second kappa shape index (κ2) is 8.05. The van der Waals surface area contributed by atoms with E-state index < -0.39 is 5.54 Å². The van der Waals surface area contributed by atoms with E-state index >= 15 is 0 Å². The van der Waals surface area contributed by atoms with Crippen LogP contribution in [0.5, 0.6) is 0 Å². The van der Waals surface area contributed by atoms with Gasteiger partial charge in [0.25, 0.3) is 5.91 Å². The van der Waals surface area contributed by atoms with Gasteiger partial charge >= 0.3 is 6.03 Å².